The number of rotatable bonds is 8. The summed E-state index contributed by atoms with van der Waals surface area (Å²) < 4.78 is 41.3. The van der Waals surface area contributed by atoms with Gasteiger partial charge in [-0.15, -0.1) is 0 Å². The molecule has 16 heterocycles. The van der Waals surface area contributed by atoms with Gasteiger partial charge >= 0.3 is 0 Å². The summed E-state index contributed by atoms with van der Waals surface area (Å²) in [5.74, 6) is 18.1. The normalized spacial score (nSPS) is 29.1. The van der Waals surface area contributed by atoms with Crippen LogP contribution in [0, 0.1) is 79.1 Å². The lowest BCUT2D eigenvalue weighted by molar-refractivity contribution is 0.269. The lowest BCUT2D eigenvalue weighted by Gasteiger charge is -2.26. The van der Waals surface area contributed by atoms with Crippen LogP contribution in [-0.2, 0) is 0 Å². The van der Waals surface area contributed by atoms with Gasteiger partial charge in [-0.25, -0.2) is 0 Å². The molecule has 576 valence electrons. The Hall–Kier alpha value is -7.20. The highest BCUT2D eigenvalue weighted by molar-refractivity contribution is 5.05. The highest BCUT2D eigenvalue weighted by Gasteiger charge is 2.33. The molecule has 8 N–H and O–H groups in total. The van der Waals surface area contributed by atoms with Crippen molar-refractivity contribution in [3.63, 3.8) is 0 Å². The Morgan fingerprint density at radius 3 is 0.798 bits per heavy atom. The van der Waals surface area contributed by atoms with E-state index in [-0.39, 0.29) is 0 Å². The van der Waals surface area contributed by atoms with Gasteiger partial charge in [-0.1, -0.05) is 68.9 Å². The van der Waals surface area contributed by atoms with E-state index in [1.165, 1.54) is 38.5 Å². The summed E-state index contributed by atoms with van der Waals surface area (Å²) in [7, 11) is 0. The zero-order chi connectivity index (χ0) is 74.1. The van der Waals surface area contributed by atoms with Crippen LogP contribution in [0.25, 0.3) is 0 Å². The Bertz CT molecular complexity index is 3310. The molecule has 8 saturated heterocycles. The van der Waals surface area contributed by atoms with Crippen molar-refractivity contribution in [3.8, 4) is 0 Å². The Morgan fingerprint density at radius 1 is 0.260 bits per heavy atom. The molecule has 0 radical (unpaired) electrons. The topological polar surface area (TPSA) is 408 Å². The average Bonchev–Trinajstić information content (AvgIpc) is 1.66. The zero-order valence-electron chi connectivity index (χ0n) is 64.6. The van der Waals surface area contributed by atoms with Gasteiger partial charge < -0.3 is 78.7 Å². The average molecular weight is 1450 g/mol. The fourth-order valence-corrected chi connectivity index (χ4v) is 14.3. The molecule has 0 aliphatic carbocycles. The molecule has 32 nitrogen and oxygen atoms in total. The molecule has 8 aliphatic heterocycles. The Labute approximate surface area is 612 Å². The minimum atomic E-state index is 0.398. The number of piperidine rings is 8. The van der Waals surface area contributed by atoms with Crippen LogP contribution in [0.5, 0.6) is 0 Å². The maximum absolute atomic E-state index is 5.17. The molecule has 16 atom stereocenters. The molecule has 8 aromatic heterocycles. The molecule has 8 aliphatic rings. The van der Waals surface area contributed by atoms with Crippen LogP contribution in [0.15, 0.2) is 36.2 Å². The predicted molar refractivity (Wildman–Crippen MR) is 388 cm³/mol. The number of nitrogens with zero attached hydrogens (tertiary/aromatic N) is 16. The smallest absolute Gasteiger partial charge is 0.231 e. The molecule has 16 rings (SSSR count). The first-order chi connectivity index (χ1) is 50.1. The van der Waals surface area contributed by atoms with Gasteiger partial charge in [-0.3, -0.25) is 0 Å². The first kappa shape index (κ1) is 80.9. The Morgan fingerprint density at radius 2 is 0.548 bits per heavy atom. The molecule has 8 fully saturated rings. The number of aryl methyl sites for hydroxylation is 8. The van der Waals surface area contributed by atoms with Gasteiger partial charge in [0, 0.05) is 63.4 Å². The van der Waals surface area contributed by atoms with Crippen LogP contribution in [0.4, 0.5) is 0 Å². The van der Waals surface area contributed by atoms with E-state index in [1.807, 2.05) is 55.4 Å². The largest absolute Gasteiger partial charge is 0.339 e. The van der Waals surface area contributed by atoms with E-state index < -0.39 is 0 Å². The predicted octanol–water partition coefficient (Wildman–Crippen LogP) is 9.30. The molecule has 0 saturated carbocycles. The monoisotopic (exact) mass is 1450 g/mol. The number of nitrogens with one attached hydrogen (secondary N) is 8. The summed E-state index contributed by atoms with van der Waals surface area (Å²) in [5, 5.41) is 57.5. The van der Waals surface area contributed by atoms with E-state index in [0.29, 0.717) is 95.2 Å². The molecule has 0 aromatic carbocycles. The van der Waals surface area contributed by atoms with Crippen molar-refractivity contribution in [1.82, 2.24) is 124 Å². The highest BCUT2D eigenvalue weighted by atomic mass is 16.5. The van der Waals surface area contributed by atoms with Gasteiger partial charge in [-0.05, 0) is 223 Å². The van der Waals surface area contributed by atoms with E-state index >= 15 is 0 Å². The standard InChI is InChI=1S/8C9H15N3O/c2*1-6-3-8(5-10-4-6)9-11-7(2)12-13-9;2*1-6-3-4-10-5-8(6)9-11-7(2)12-13-9;2*1-6-3-4-8(5-10-6)9-11-7(2)12-13-9;2*1-6-8(4-3-5-10-6)9-11-7(2)12-13-9/h8*6,8,10H,3-5H2,1-2H3/t6-,8?;2*6-,8+;6-,8-;6-,8+;6-,8-;6-,8+;6-,8-/m00110011/s1. The third-order valence-corrected chi connectivity index (χ3v) is 20.7. The van der Waals surface area contributed by atoms with Gasteiger partial charge in [0.1, 0.15) is 0 Å². The van der Waals surface area contributed by atoms with E-state index in [1.54, 1.807) is 0 Å². The highest BCUT2D eigenvalue weighted by Crippen LogP contribution is 2.32. The van der Waals surface area contributed by atoms with Crippen molar-refractivity contribution in [2.75, 3.05) is 78.5 Å². The zero-order valence-corrected chi connectivity index (χ0v) is 64.6. The van der Waals surface area contributed by atoms with Crippen LogP contribution in [0.1, 0.15) is 274 Å². The molecule has 0 spiro atoms. The van der Waals surface area contributed by atoms with Gasteiger partial charge in [0.2, 0.25) is 47.1 Å². The lowest BCUT2D eigenvalue weighted by Crippen LogP contribution is -2.37. The maximum Gasteiger partial charge on any atom is 0.231 e. The SMILES string of the molecule is Cc1noc(C2CNC[C@@H](C)C2)n1.Cc1noc([C@@H]2CCCN[C@@H]2C)n1.Cc1noc([C@@H]2CC[C@H](C)NC2)n1.Cc1noc([C@@H]2CNCC[C@H]2C)n1.Cc1noc([C@H]2CCCN[C@@H]2C)n1.Cc1noc([C@H]2CC[C@H](C)NC2)n1.Cc1noc([C@H]2CNCC[C@H]2C)n1.Cc1noc([C@H]2CNC[C@@H](C)C2)n1. The van der Waals surface area contributed by atoms with E-state index in [0.717, 1.165) is 211 Å². The van der Waals surface area contributed by atoms with E-state index in [4.69, 9.17) is 36.2 Å². The second-order valence-corrected chi connectivity index (χ2v) is 30.1. The first-order valence-corrected chi connectivity index (χ1v) is 38.3. The lowest BCUT2D eigenvalue weighted by atomic mass is 9.88. The molecule has 32 heteroatoms. The Balaban J connectivity index is 0.000000138. The van der Waals surface area contributed by atoms with E-state index in [2.05, 4.69) is 179 Å². The molecule has 0 amide bonds. The van der Waals surface area contributed by atoms with Crippen LogP contribution in [0.2, 0.25) is 0 Å². The molecular formula is C72H120N24O8. The number of aromatic nitrogens is 16. The third-order valence-electron chi connectivity index (χ3n) is 20.7. The van der Waals surface area contributed by atoms with Crippen molar-refractivity contribution >= 4 is 0 Å². The van der Waals surface area contributed by atoms with Gasteiger partial charge in [0.15, 0.2) is 46.6 Å². The second-order valence-electron chi connectivity index (χ2n) is 30.1. The maximum atomic E-state index is 5.17. The van der Waals surface area contributed by atoms with Crippen molar-refractivity contribution < 1.29 is 36.2 Å². The fraction of sp³-hybridized carbons (Fsp3) is 0.778. The summed E-state index contributed by atoms with van der Waals surface area (Å²) in [6.45, 7) is 44.9. The summed E-state index contributed by atoms with van der Waals surface area (Å²) in [6, 6.07) is 2.16. The summed E-state index contributed by atoms with van der Waals surface area (Å²) in [6.07, 6.45) is 14.0. The molecule has 0 bridgehead atoms. The minimum absolute atomic E-state index is 0.398. The molecule has 104 heavy (non-hydrogen) atoms. The van der Waals surface area contributed by atoms with Crippen molar-refractivity contribution in [1.29, 1.82) is 0 Å². The van der Waals surface area contributed by atoms with Crippen LogP contribution >= 0.6 is 0 Å². The minimum Gasteiger partial charge on any atom is -0.339 e. The second kappa shape index (κ2) is 41.1. The van der Waals surface area contributed by atoms with E-state index in [9.17, 15) is 0 Å². The quantitative estimate of drug-likeness (QED) is 0.0702. The number of hydrogen-bond acceptors (Lipinski definition) is 32. The molecular weight excluding hydrogens is 1330 g/mol. The van der Waals surface area contributed by atoms with Gasteiger partial charge in [0.25, 0.3) is 0 Å². The number of hydrogen-bond donors (Lipinski definition) is 8. The van der Waals surface area contributed by atoms with Crippen LogP contribution < -0.4 is 42.5 Å². The first-order valence-electron chi connectivity index (χ1n) is 38.3. The summed E-state index contributed by atoms with van der Waals surface area (Å²) in [5.41, 5.74) is 0. The summed E-state index contributed by atoms with van der Waals surface area (Å²) in [4.78, 5) is 34.1. The molecule has 1 unspecified atom stereocenters. The third kappa shape index (κ3) is 25.5. The molecule has 8 aromatic rings. The fourth-order valence-electron chi connectivity index (χ4n) is 14.3. The van der Waals surface area contributed by atoms with Crippen LogP contribution in [-0.4, -0.2) is 184 Å². The van der Waals surface area contributed by atoms with Crippen molar-refractivity contribution in [2.24, 2.45) is 23.7 Å². The van der Waals surface area contributed by atoms with Gasteiger partial charge in [0.05, 0.1) is 47.3 Å². The van der Waals surface area contributed by atoms with Crippen LogP contribution in [0.3, 0.4) is 0 Å². The Kier molecular flexibility index (Phi) is 31.9. The van der Waals surface area contributed by atoms with Crippen molar-refractivity contribution in [3.05, 3.63) is 93.7 Å². The summed E-state index contributed by atoms with van der Waals surface area (Å²) >= 11 is 0. The van der Waals surface area contributed by atoms with Crippen molar-refractivity contribution in [2.45, 2.75) is 259 Å². The van der Waals surface area contributed by atoms with Gasteiger partial charge in [-0.2, -0.15) is 39.9 Å².